The van der Waals surface area contributed by atoms with Crippen LogP contribution in [0.15, 0.2) is 18.5 Å². The summed E-state index contributed by atoms with van der Waals surface area (Å²) in [6, 6.07) is -0.776. The zero-order chi connectivity index (χ0) is 16.1. The van der Waals surface area contributed by atoms with E-state index in [0.29, 0.717) is 18.7 Å². The molecule has 22 heavy (non-hydrogen) atoms. The first-order chi connectivity index (χ1) is 10.2. The number of nitrogens with zero attached hydrogens (tertiary/aromatic N) is 4. The predicted octanol–water partition coefficient (Wildman–Crippen LogP) is 0.761. The number of carbonyl (C=O) groups is 2. The largest absolute Gasteiger partial charge is 0.347 e. The maximum absolute atomic E-state index is 12.1. The highest BCUT2D eigenvalue weighted by Gasteiger charge is 2.39. The standard InChI is InChI=1S/C14H19N5O3/c1-14(2,3)16-12(20)9-5-15-18(6-9)10-4-11-8-17(7-10)13(21)19(11)22/h4-6,11,22H,7-8H2,1-3H3,(H,16,20). The van der Waals surface area contributed by atoms with Crippen LogP contribution >= 0.6 is 0 Å². The van der Waals surface area contributed by atoms with Crippen molar-refractivity contribution in [2.75, 3.05) is 13.1 Å². The lowest BCUT2D eigenvalue weighted by Crippen LogP contribution is -2.40. The number of amides is 3. The van der Waals surface area contributed by atoms with Crippen molar-refractivity contribution in [3.63, 3.8) is 0 Å². The van der Waals surface area contributed by atoms with Gasteiger partial charge < -0.3 is 10.2 Å². The highest BCUT2D eigenvalue weighted by atomic mass is 16.5. The van der Waals surface area contributed by atoms with E-state index in [4.69, 9.17) is 0 Å². The Morgan fingerprint density at radius 1 is 1.45 bits per heavy atom. The fraction of sp³-hybridized carbons (Fsp3) is 0.500. The molecule has 2 aliphatic heterocycles. The van der Waals surface area contributed by atoms with E-state index in [1.807, 2.05) is 20.8 Å². The first-order valence-electron chi connectivity index (χ1n) is 7.10. The van der Waals surface area contributed by atoms with Gasteiger partial charge in [0.25, 0.3) is 5.91 Å². The average molecular weight is 305 g/mol. The molecule has 3 rings (SSSR count). The number of hydroxylamine groups is 2. The molecule has 3 heterocycles. The molecule has 118 valence electrons. The van der Waals surface area contributed by atoms with Crippen LogP contribution in [0.1, 0.15) is 31.1 Å². The van der Waals surface area contributed by atoms with Crippen LogP contribution < -0.4 is 5.32 Å². The molecule has 1 saturated heterocycles. The lowest BCUT2D eigenvalue weighted by atomic mass is 10.1. The molecular formula is C14H19N5O3. The molecule has 0 aromatic carbocycles. The molecule has 2 bridgehead atoms. The number of aromatic nitrogens is 2. The second-order valence-electron chi connectivity index (χ2n) is 6.61. The maximum Gasteiger partial charge on any atom is 0.344 e. The van der Waals surface area contributed by atoms with Crippen LogP contribution in [0, 0.1) is 0 Å². The van der Waals surface area contributed by atoms with Gasteiger partial charge in [0, 0.05) is 18.3 Å². The molecule has 2 N–H and O–H groups in total. The van der Waals surface area contributed by atoms with Gasteiger partial charge in [-0.1, -0.05) is 0 Å². The van der Waals surface area contributed by atoms with Crippen LogP contribution in [0.2, 0.25) is 0 Å². The molecule has 0 radical (unpaired) electrons. The quantitative estimate of drug-likeness (QED) is 0.789. The Bertz CT molecular complexity index is 658. The van der Waals surface area contributed by atoms with Crippen molar-refractivity contribution in [1.29, 1.82) is 0 Å². The van der Waals surface area contributed by atoms with E-state index in [2.05, 4.69) is 10.4 Å². The fourth-order valence-corrected chi connectivity index (χ4v) is 2.55. The molecule has 1 atom stereocenters. The van der Waals surface area contributed by atoms with Gasteiger partial charge in [-0.2, -0.15) is 10.2 Å². The summed E-state index contributed by atoms with van der Waals surface area (Å²) in [5.74, 6) is -0.196. The van der Waals surface area contributed by atoms with Crippen molar-refractivity contribution >= 4 is 17.6 Å². The highest BCUT2D eigenvalue weighted by Crippen LogP contribution is 2.24. The SMILES string of the molecule is CC(C)(C)NC(=O)c1cnn(C2=CC3CN(C2)C(=O)N3O)c1. The van der Waals surface area contributed by atoms with Gasteiger partial charge in [0.05, 0.1) is 30.0 Å². The first-order valence-corrected chi connectivity index (χ1v) is 7.10. The van der Waals surface area contributed by atoms with Crippen LogP contribution in [0.3, 0.4) is 0 Å². The smallest absolute Gasteiger partial charge is 0.344 e. The minimum Gasteiger partial charge on any atom is -0.347 e. The van der Waals surface area contributed by atoms with Gasteiger partial charge in [0.2, 0.25) is 0 Å². The minimum absolute atomic E-state index is 0.196. The van der Waals surface area contributed by atoms with Gasteiger partial charge in [0.15, 0.2) is 0 Å². The second kappa shape index (κ2) is 4.84. The molecule has 2 aliphatic rings. The molecular weight excluding hydrogens is 286 g/mol. The first kappa shape index (κ1) is 14.6. The number of nitrogens with one attached hydrogen (secondary N) is 1. The summed E-state index contributed by atoms with van der Waals surface area (Å²) in [5.41, 5.74) is 0.893. The van der Waals surface area contributed by atoms with E-state index in [1.165, 1.54) is 11.1 Å². The number of urea groups is 1. The van der Waals surface area contributed by atoms with Gasteiger partial charge >= 0.3 is 6.03 Å². The number of hydrogen-bond donors (Lipinski definition) is 2. The summed E-state index contributed by atoms with van der Waals surface area (Å²) in [6.07, 6.45) is 4.91. The Hall–Kier alpha value is -2.35. The average Bonchev–Trinajstić information content (AvgIpc) is 2.99. The number of carbonyl (C=O) groups excluding carboxylic acids is 2. The molecule has 8 nitrogen and oxygen atoms in total. The Kier molecular flexibility index (Phi) is 3.21. The van der Waals surface area contributed by atoms with E-state index < -0.39 is 6.03 Å². The molecule has 1 aromatic heterocycles. The van der Waals surface area contributed by atoms with E-state index in [1.54, 1.807) is 17.0 Å². The van der Waals surface area contributed by atoms with Gasteiger partial charge in [0.1, 0.15) is 0 Å². The van der Waals surface area contributed by atoms with Crippen molar-refractivity contribution in [2.45, 2.75) is 32.4 Å². The van der Waals surface area contributed by atoms with Gasteiger partial charge in [-0.25, -0.2) is 9.48 Å². The van der Waals surface area contributed by atoms with Crippen LogP contribution in [0.4, 0.5) is 4.79 Å². The van der Waals surface area contributed by atoms with Crippen molar-refractivity contribution in [3.8, 4) is 0 Å². The van der Waals surface area contributed by atoms with E-state index in [0.717, 1.165) is 10.8 Å². The van der Waals surface area contributed by atoms with Crippen LogP contribution in [0.5, 0.6) is 0 Å². The van der Waals surface area contributed by atoms with E-state index >= 15 is 0 Å². The van der Waals surface area contributed by atoms with Crippen LogP contribution in [-0.4, -0.2) is 61.6 Å². The molecule has 1 aromatic rings. The monoisotopic (exact) mass is 305 g/mol. The molecule has 1 unspecified atom stereocenters. The van der Waals surface area contributed by atoms with Gasteiger partial charge in [-0.05, 0) is 26.8 Å². The minimum atomic E-state index is -0.408. The summed E-state index contributed by atoms with van der Waals surface area (Å²) in [6.45, 7) is 6.55. The second-order valence-corrected chi connectivity index (χ2v) is 6.61. The van der Waals surface area contributed by atoms with Crippen LogP contribution in [0.25, 0.3) is 5.70 Å². The zero-order valence-corrected chi connectivity index (χ0v) is 12.8. The number of rotatable bonds is 2. The normalized spacial score (nSPS) is 21.2. The van der Waals surface area contributed by atoms with Gasteiger partial charge in [-0.3, -0.25) is 10.0 Å². The molecule has 8 heteroatoms. The molecule has 1 fully saturated rings. The Balaban J connectivity index is 1.79. The van der Waals surface area contributed by atoms with Crippen molar-refractivity contribution in [2.24, 2.45) is 0 Å². The summed E-state index contributed by atoms with van der Waals surface area (Å²) in [7, 11) is 0. The Morgan fingerprint density at radius 3 is 2.82 bits per heavy atom. The Morgan fingerprint density at radius 2 is 2.18 bits per heavy atom. The molecule has 0 aliphatic carbocycles. The third-order valence-electron chi connectivity index (χ3n) is 3.55. The van der Waals surface area contributed by atoms with Crippen molar-refractivity contribution in [3.05, 3.63) is 24.0 Å². The summed E-state index contributed by atoms with van der Waals surface area (Å²) < 4.78 is 1.57. The molecule has 3 amide bonds. The predicted molar refractivity (Wildman–Crippen MR) is 78.1 cm³/mol. The lowest BCUT2D eigenvalue weighted by Gasteiger charge is -2.21. The molecule has 0 saturated carbocycles. The maximum atomic E-state index is 12.1. The van der Waals surface area contributed by atoms with Gasteiger partial charge in [-0.15, -0.1) is 0 Å². The van der Waals surface area contributed by atoms with E-state index in [9.17, 15) is 14.8 Å². The molecule has 0 spiro atoms. The third-order valence-corrected chi connectivity index (χ3v) is 3.55. The fourth-order valence-electron chi connectivity index (χ4n) is 2.55. The van der Waals surface area contributed by atoms with Crippen LogP contribution in [-0.2, 0) is 0 Å². The summed E-state index contributed by atoms with van der Waals surface area (Å²) >= 11 is 0. The van der Waals surface area contributed by atoms with E-state index in [-0.39, 0.29) is 17.5 Å². The third kappa shape index (κ3) is 2.57. The summed E-state index contributed by atoms with van der Waals surface area (Å²) in [4.78, 5) is 25.4. The van der Waals surface area contributed by atoms with Crippen molar-refractivity contribution < 1.29 is 14.8 Å². The topological polar surface area (TPSA) is 90.7 Å². The highest BCUT2D eigenvalue weighted by molar-refractivity contribution is 5.94. The van der Waals surface area contributed by atoms with Crippen molar-refractivity contribution in [1.82, 2.24) is 25.1 Å². The summed E-state index contributed by atoms with van der Waals surface area (Å²) in [5, 5.41) is 17.4. The zero-order valence-electron chi connectivity index (χ0n) is 12.8. The number of fused-ring (bicyclic) bond motifs is 2. The lowest BCUT2D eigenvalue weighted by molar-refractivity contribution is -0.0450. The Labute approximate surface area is 127 Å². The number of hydrogen-bond acceptors (Lipinski definition) is 4.